The highest BCUT2D eigenvalue weighted by atomic mass is 32.2. The lowest BCUT2D eigenvalue weighted by atomic mass is 10.1. The van der Waals surface area contributed by atoms with E-state index in [1.807, 2.05) is 0 Å². The number of amides is 1. The molecule has 2 N–H and O–H groups in total. The monoisotopic (exact) mass is 348 g/mol. The number of methoxy groups -OCH3 is 2. The van der Waals surface area contributed by atoms with Crippen molar-refractivity contribution in [3.8, 4) is 5.75 Å². The van der Waals surface area contributed by atoms with Crippen molar-refractivity contribution >= 4 is 28.8 Å². The zero-order valence-electron chi connectivity index (χ0n) is 12.4. The number of ether oxygens (including phenoxy) is 2. The van der Waals surface area contributed by atoms with Crippen molar-refractivity contribution in [1.82, 2.24) is 10.3 Å². The maximum atomic E-state index is 12.7. The Bertz CT molecular complexity index is 700. The average molecular weight is 348 g/mol. The largest absolute Gasteiger partial charge is 0.497 e. The summed E-state index contributed by atoms with van der Waals surface area (Å²) in [5, 5.41) is 3.09. The standard InChI is InChI=1S/C14H15F3N2O3S/c1-21-8-3-4-11-10(7-8)9(5-6-18-13(20)22-2)12(19-11)23-14(15,16)17/h3-4,7,19H,5-6H2,1-2H3,(H,18,20). The molecule has 5 nitrogen and oxygen atoms in total. The fourth-order valence-electron chi connectivity index (χ4n) is 2.14. The third-order valence-corrected chi connectivity index (χ3v) is 3.91. The van der Waals surface area contributed by atoms with Gasteiger partial charge in [0.1, 0.15) is 5.75 Å². The number of carbonyl (C=O) groups excluding carboxylic acids is 1. The summed E-state index contributed by atoms with van der Waals surface area (Å²) < 4.78 is 47.7. The number of nitrogens with one attached hydrogen (secondary N) is 2. The molecule has 2 aromatic rings. The van der Waals surface area contributed by atoms with E-state index in [-0.39, 0.29) is 29.8 Å². The van der Waals surface area contributed by atoms with Crippen LogP contribution in [0.5, 0.6) is 5.75 Å². The maximum Gasteiger partial charge on any atom is 0.447 e. The van der Waals surface area contributed by atoms with Crippen LogP contribution in [0.4, 0.5) is 18.0 Å². The molecule has 0 bridgehead atoms. The molecular formula is C14H15F3N2O3S. The molecule has 0 aliphatic heterocycles. The zero-order chi connectivity index (χ0) is 17.0. The molecule has 1 heterocycles. The first-order valence-corrected chi connectivity index (χ1v) is 7.42. The highest BCUT2D eigenvalue weighted by Gasteiger charge is 2.32. The van der Waals surface area contributed by atoms with Gasteiger partial charge in [-0.1, -0.05) is 0 Å². The van der Waals surface area contributed by atoms with Gasteiger partial charge in [0.25, 0.3) is 0 Å². The summed E-state index contributed by atoms with van der Waals surface area (Å²) >= 11 is -0.209. The molecule has 0 unspecified atom stereocenters. The number of fused-ring (bicyclic) bond motifs is 1. The summed E-state index contributed by atoms with van der Waals surface area (Å²) in [6.45, 7) is 0.155. The third-order valence-electron chi connectivity index (χ3n) is 3.12. The summed E-state index contributed by atoms with van der Waals surface area (Å²) in [5.74, 6) is 0.544. The van der Waals surface area contributed by atoms with Crippen LogP contribution in [0.3, 0.4) is 0 Å². The summed E-state index contributed by atoms with van der Waals surface area (Å²) in [6, 6.07) is 4.99. The number of rotatable bonds is 5. The Kier molecular flexibility index (Phi) is 5.30. The number of benzene rings is 1. The van der Waals surface area contributed by atoms with Gasteiger partial charge in [-0.2, -0.15) is 13.2 Å². The molecule has 0 atom stereocenters. The topological polar surface area (TPSA) is 63.3 Å². The first-order valence-electron chi connectivity index (χ1n) is 6.60. The van der Waals surface area contributed by atoms with Crippen molar-refractivity contribution < 1.29 is 27.4 Å². The van der Waals surface area contributed by atoms with E-state index in [1.54, 1.807) is 18.2 Å². The number of carbonyl (C=O) groups is 1. The highest BCUT2D eigenvalue weighted by molar-refractivity contribution is 8.00. The molecule has 1 aromatic carbocycles. The SMILES string of the molecule is COC(=O)NCCc1c(SC(F)(F)F)[nH]c2ccc(OC)cc12. The summed E-state index contributed by atoms with van der Waals surface area (Å²) in [6.07, 6.45) is -0.409. The smallest absolute Gasteiger partial charge is 0.447 e. The van der Waals surface area contributed by atoms with Crippen LogP contribution in [0, 0.1) is 0 Å². The molecule has 126 valence electrons. The Morgan fingerprint density at radius 1 is 1.35 bits per heavy atom. The first-order chi connectivity index (χ1) is 10.8. The lowest BCUT2D eigenvalue weighted by Crippen LogP contribution is -2.25. The average Bonchev–Trinajstić information content (AvgIpc) is 2.81. The molecule has 23 heavy (non-hydrogen) atoms. The first kappa shape index (κ1) is 17.3. The van der Waals surface area contributed by atoms with Crippen molar-refractivity contribution in [2.24, 2.45) is 0 Å². The van der Waals surface area contributed by atoms with Crippen LogP contribution >= 0.6 is 11.8 Å². The van der Waals surface area contributed by atoms with Gasteiger partial charge in [-0.05, 0) is 30.2 Å². The molecule has 0 fully saturated rings. The summed E-state index contributed by atoms with van der Waals surface area (Å²) in [7, 11) is 2.70. The van der Waals surface area contributed by atoms with Gasteiger partial charge in [-0.25, -0.2) is 4.79 Å². The van der Waals surface area contributed by atoms with Gasteiger partial charge in [0.05, 0.1) is 19.2 Å². The molecule has 0 saturated heterocycles. The Morgan fingerprint density at radius 2 is 2.09 bits per heavy atom. The van der Waals surface area contributed by atoms with Crippen LogP contribution < -0.4 is 10.1 Å². The maximum absolute atomic E-state index is 12.7. The van der Waals surface area contributed by atoms with E-state index in [1.165, 1.54) is 14.2 Å². The molecule has 9 heteroatoms. The lowest BCUT2D eigenvalue weighted by Gasteiger charge is -2.08. The number of hydrogen-bond donors (Lipinski definition) is 2. The quantitative estimate of drug-likeness (QED) is 0.809. The number of hydrogen-bond acceptors (Lipinski definition) is 4. The molecule has 1 aromatic heterocycles. The number of aromatic nitrogens is 1. The van der Waals surface area contributed by atoms with Crippen molar-refractivity contribution in [2.45, 2.75) is 17.0 Å². The minimum atomic E-state index is -4.41. The summed E-state index contributed by atoms with van der Waals surface area (Å²) in [4.78, 5) is 13.8. The van der Waals surface area contributed by atoms with Crippen LogP contribution in [-0.4, -0.2) is 37.3 Å². The van der Waals surface area contributed by atoms with Crippen LogP contribution in [0.25, 0.3) is 10.9 Å². The second-order valence-corrected chi connectivity index (χ2v) is 5.64. The van der Waals surface area contributed by atoms with Gasteiger partial charge >= 0.3 is 11.6 Å². The van der Waals surface area contributed by atoms with E-state index in [0.29, 0.717) is 22.2 Å². The van der Waals surface area contributed by atoms with E-state index < -0.39 is 11.6 Å². The molecular weight excluding hydrogens is 333 g/mol. The van der Waals surface area contributed by atoms with Crippen LogP contribution in [0.1, 0.15) is 5.56 Å². The minimum Gasteiger partial charge on any atom is -0.497 e. The van der Waals surface area contributed by atoms with Crippen LogP contribution in [0.15, 0.2) is 23.2 Å². The second kappa shape index (κ2) is 7.03. The molecule has 0 aliphatic rings. The van der Waals surface area contributed by atoms with Gasteiger partial charge in [0.15, 0.2) is 0 Å². The van der Waals surface area contributed by atoms with Crippen molar-refractivity contribution in [3.63, 3.8) is 0 Å². The number of alkyl carbamates (subject to hydrolysis) is 1. The minimum absolute atomic E-state index is 0.00687. The van der Waals surface area contributed by atoms with E-state index in [4.69, 9.17) is 4.74 Å². The second-order valence-electron chi connectivity index (χ2n) is 4.56. The van der Waals surface area contributed by atoms with Gasteiger partial charge in [0, 0.05) is 29.2 Å². The number of thioether (sulfide) groups is 1. The van der Waals surface area contributed by atoms with Crippen LogP contribution in [-0.2, 0) is 11.2 Å². The predicted octanol–water partition coefficient (Wildman–Crippen LogP) is 3.69. The van der Waals surface area contributed by atoms with Gasteiger partial charge in [-0.15, -0.1) is 0 Å². The fraction of sp³-hybridized carbons (Fsp3) is 0.357. The zero-order valence-corrected chi connectivity index (χ0v) is 13.2. The third kappa shape index (κ3) is 4.47. The normalized spacial score (nSPS) is 11.5. The molecule has 2 rings (SSSR count). The van der Waals surface area contributed by atoms with E-state index in [2.05, 4.69) is 15.0 Å². The summed E-state index contributed by atoms with van der Waals surface area (Å²) in [5.41, 5.74) is -3.36. The Morgan fingerprint density at radius 3 is 2.70 bits per heavy atom. The van der Waals surface area contributed by atoms with Crippen molar-refractivity contribution in [1.29, 1.82) is 0 Å². The molecule has 0 saturated carbocycles. The highest BCUT2D eigenvalue weighted by Crippen LogP contribution is 2.41. The molecule has 1 amide bonds. The fourth-order valence-corrected chi connectivity index (χ4v) is 2.87. The van der Waals surface area contributed by atoms with E-state index in [9.17, 15) is 18.0 Å². The number of halogens is 3. The molecule has 0 spiro atoms. The lowest BCUT2D eigenvalue weighted by molar-refractivity contribution is -0.0329. The van der Waals surface area contributed by atoms with Gasteiger partial charge in [0.2, 0.25) is 0 Å². The van der Waals surface area contributed by atoms with E-state index >= 15 is 0 Å². The molecule has 0 radical (unpaired) electrons. The van der Waals surface area contributed by atoms with Gasteiger partial charge < -0.3 is 19.8 Å². The van der Waals surface area contributed by atoms with E-state index in [0.717, 1.165) is 0 Å². The molecule has 0 aliphatic carbocycles. The number of H-pyrrole nitrogens is 1. The van der Waals surface area contributed by atoms with Gasteiger partial charge in [-0.3, -0.25) is 0 Å². The number of alkyl halides is 3. The van der Waals surface area contributed by atoms with Crippen molar-refractivity contribution in [3.05, 3.63) is 23.8 Å². The van der Waals surface area contributed by atoms with Crippen LogP contribution in [0.2, 0.25) is 0 Å². The number of aromatic amines is 1. The Hall–Kier alpha value is -2.03. The van der Waals surface area contributed by atoms with Crippen molar-refractivity contribution in [2.75, 3.05) is 20.8 Å². The Balaban J connectivity index is 2.34. The Labute approximate surface area is 134 Å². The predicted molar refractivity (Wildman–Crippen MR) is 80.9 cm³/mol.